The predicted octanol–water partition coefficient (Wildman–Crippen LogP) is 0.662. The molecular formula is C7H17NOS. The van der Waals surface area contributed by atoms with Gasteiger partial charge in [-0.05, 0) is 20.2 Å². The average Bonchev–Trinajstić information content (AvgIpc) is 1.82. The normalized spacial score (nSPS) is 14.1. The third-order valence-corrected chi connectivity index (χ3v) is 1.84. The summed E-state index contributed by atoms with van der Waals surface area (Å²) >= 11 is 1.83. The van der Waals surface area contributed by atoms with Crippen LogP contribution in [0, 0.1) is 0 Å². The number of nitrogens with zero attached hydrogens (tertiary/aromatic N) is 1. The molecule has 0 radical (unpaired) electrons. The minimum absolute atomic E-state index is 0.202. The molecule has 0 saturated carbocycles. The summed E-state index contributed by atoms with van der Waals surface area (Å²) < 4.78 is 0. The van der Waals surface area contributed by atoms with Crippen LogP contribution in [0.4, 0.5) is 0 Å². The Kier molecular flexibility index (Phi) is 6.17. The molecule has 0 rings (SSSR count). The zero-order valence-electron chi connectivity index (χ0n) is 7.00. The Morgan fingerprint density at radius 3 is 2.60 bits per heavy atom. The van der Waals surface area contributed by atoms with Gasteiger partial charge in [-0.15, -0.1) is 0 Å². The summed E-state index contributed by atoms with van der Waals surface area (Å²) in [7, 11) is 2.03. The van der Waals surface area contributed by atoms with Gasteiger partial charge < -0.3 is 10.0 Å². The summed E-state index contributed by atoms with van der Waals surface area (Å²) in [5, 5.41) is 8.97. The molecule has 0 aromatic rings. The van der Waals surface area contributed by atoms with Gasteiger partial charge in [0.05, 0.1) is 6.10 Å². The van der Waals surface area contributed by atoms with Gasteiger partial charge in [0.25, 0.3) is 0 Å². The SMILES string of the molecule is CSCCN(C)C[C@@H](C)O. The molecule has 0 spiro atoms. The van der Waals surface area contributed by atoms with E-state index in [-0.39, 0.29) is 6.10 Å². The highest BCUT2D eigenvalue weighted by atomic mass is 32.2. The van der Waals surface area contributed by atoms with Crippen molar-refractivity contribution in [3.05, 3.63) is 0 Å². The van der Waals surface area contributed by atoms with E-state index in [0.717, 1.165) is 18.8 Å². The molecule has 1 atom stereocenters. The average molecular weight is 163 g/mol. The van der Waals surface area contributed by atoms with Crippen LogP contribution in [-0.2, 0) is 0 Å². The molecule has 0 fully saturated rings. The van der Waals surface area contributed by atoms with E-state index in [0.29, 0.717) is 0 Å². The minimum Gasteiger partial charge on any atom is -0.392 e. The standard InChI is InChI=1S/C7H17NOS/c1-7(9)6-8(2)4-5-10-3/h7,9H,4-6H2,1-3H3/t7-/m1/s1. The Morgan fingerprint density at radius 1 is 1.60 bits per heavy atom. The van der Waals surface area contributed by atoms with Crippen molar-refractivity contribution in [1.29, 1.82) is 0 Å². The maximum Gasteiger partial charge on any atom is 0.0638 e. The Hall–Kier alpha value is 0.270. The second-order valence-corrected chi connectivity index (χ2v) is 3.59. The summed E-state index contributed by atoms with van der Waals surface area (Å²) in [5.74, 6) is 1.14. The fourth-order valence-corrected chi connectivity index (χ4v) is 1.28. The maximum absolute atomic E-state index is 8.97. The molecule has 0 saturated heterocycles. The first kappa shape index (κ1) is 10.3. The first-order valence-electron chi connectivity index (χ1n) is 3.52. The van der Waals surface area contributed by atoms with Crippen LogP contribution < -0.4 is 0 Å². The van der Waals surface area contributed by atoms with Crippen LogP contribution in [0.1, 0.15) is 6.92 Å². The van der Waals surface area contributed by atoms with Crippen molar-refractivity contribution in [2.75, 3.05) is 32.1 Å². The molecule has 62 valence electrons. The highest BCUT2D eigenvalue weighted by molar-refractivity contribution is 7.98. The van der Waals surface area contributed by atoms with Crippen molar-refractivity contribution in [2.24, 2.45) is 0 Å². The van der Waals surface area contributed by atoms with E-state index in [9.17, 15) is 0 Å². The van der Waals surface area contributed by atoms with Crippen LogP contribution in [-0.4, -0.2) is 48.3 Å². The van der Waals surface area contributed by atoms with Crippen LogP contribution >= 0.6 is 11.8 Å². The lowest BCUT2D eigenvalue weighted by Crippen LogP contribution is -2.29. The van der Waals surface area contributed by atoms with Gasteiger partial charge >= 0.3 is 0 Å². The van der Waals surface area contributed by atoms with Gasteiger partial charge in [0.15, 0.2) is 0 Å². The van der Waals surface area contributed by atoms with Crippen molar-refractivity contribution in [2.45, 2.75) is 13.0 Å². The molecule has 0 aliphatic rings. The van der Waals surface area contributed by atoms with E-state index >= 15 is 0 Å². The van der Waals surface area contributed by atoms with Crippen LogP contribution in [0.15, 0.2) is 0 Å². The second-order valence-electron chi connectivity index (χ2n) is 2.60. The van der Waals surface area contributed by atoms with Crippen LogP contribution in [0.25, 0.3) is 0 Å². The highest BCUT2D eigenvalue weighted by Crippen LogP contribution is 1.94. The number of aliphatic hydroxyl groups excluding tert-OH is 1. The number of likely N-dealkylation sites (N-methyl/N-ethyl adjacent to an activating group) is 1. The Balaban J connectivity index is 3.16. The molecule has 0 amide bonds. The molecular weight excluding hydrogens is 146 g/mol. The van der Waals surface area contributed by atoms with Gasteiger partial charge in [-0.3, -0.25) is 0 Å². The van der Waals surface area contributed by atoms with E-state index in [2.05, 4.69) is 11.2 Å². The zero-order chi connectivity index (χ0) is 7.98. The first-order valence-corrected chi connectivity index (χ1v) is 4.91. The summed E-state index contributed by atoms with van der Waals surface area (Å²) in [6, 6.07) is 0. The van der Waals surface area contributed by atoms with E-state index in [1.165, 1.54) is 0 Å². The maximum atomic E-state index is 8.97. The van der Waals surface area contributed by atoms with E-state index in [4.69, 9.17) is 5.11 Å². The number of hydrogen-bond donors (Lipinski definition) is 1. The summed E-state index contributed by atoms with van der Waals surface area (Å²) in [4.78, 5) is 2.14. The highest BCUT2D eigenvalue weighted by Gasteiger charge is 2.00. The fourth-order valence-electron chi connectivity index (χ4n) is 0.789. The van der Waals surface area contributed by atoms with Gasteiger partial charge in [-0.1, -0.05) is 0 Å². The van der Waals surface area contributed by atoms with E-state index < -0.39 is 0 Å². The molecule has 1 N–H and O–H groups in total. The Morgan fingerprint density at radius 2 is 2.20 bits per heavy atom. The Bertz CT molecular complexity index is 78.0. The largest absolute Gasteiger partial charge is 0.392 e. The van der Waals surface area contributed by atoms with Gasteiger partial charge in [0.2, 0.25) is 0 Å². The zero-order valence-corrected chi connectivity index (χ0v) is 7.82. The lowest BCUT2D eigenvalue weighted by molar-refractivity contribution is 0.145. The summed E-state index contributed by atoms with van der Waals surface area (Å²) in [6.07, 6.45) is 1.89. The van der Waals surface area contributed by atoms with Crippen molar-refractivity contribution < 1.29 is 5.11 Å². The van der Waals surface area contributed by atoms with Crippen molar-refractivity contribution in [3.63, 3.8) is 0 Å². The van der Waals surface area contributed by atoms with E-state index in [1.54, 1.807) is 0 Å². The molecule has 0 aliphatic heterocycles. The molecule has 0 aromatic heterocycles. The van der Waals surface area contributed by atoms with Crippen LogP contribution in [0.5, 0.6) is 0 Å². The van der Waals surface area contributed by atoms with E-state index in [1.807, 2.05) is 25.7 Å². The Labute approximate surface area is 67.6 Å². The van der Waals surface area contributed by atoms with Crippen molar-refractivity contribution in [3.8, 4) is 0 Å². The molecule has 0 bridgehead atoms. The van der Waals surface area contributed by atoms with Gasteiger partial charge in [0, 0.05) is 18.8 Å². The number of hydrogen-bond acceptors (Lipinski definition) is 3. The van der Waals surface area contributed by atoms with Crippen molar-refractivity contribution in [1.82, 2.24) is 4.90 Å². The molecule has 0 aromatic carbocycles. The molecule has 0 heterocycles. The molecule has 3 heteroatoms. The lowest BCUT2D eigenvalue weighted by Gasteiger charge is -2.16. The second kappa shape index (κ2) is 6.01. The summed E-state index contributed by atoms with van der Waals surface area (Å²) in [5.41, 5.74) is 0. The smallest absolute Gasteiger partial charge is 0.0638 e. The molecule has 2 nitrogen and oxygen atoms in total. The predicted molar refractivity (Wildman–Crippen MR) is 47.6 cm³/mol. The number of aliphatic hydroxyl groups is 1. The van der Waals surface area contributed by atoms with Gasteiger partial charge in [-0.2, -0.15) is 11.8 Å². The summed E-state index contributed by atoms with van der Waals surface area (Å²) in [6.45, 7) is 3.65. The van der Waals surface area contributed by atoms with Crippen LogP contribution in [0.3, 0.4) is 0 Å². The number of rotatable bonds is 5. The monoisotopic (exact) mass is 163 g/mol. The quantitative estimate of drug-likeness (QED) is 0.644. The number of thioether (sulfide) groups is 1. The third-order valence-electron chi connectivity index (χ3n) is 1.25. The van der Waals surface area contributed by atoms with Crippen molar-refractivity contribution >= 4 is 11.8 Å². The topological polar surface area (TPSA) is 23.5 Å². The van der Waals surface area contributed by atoms with Crippen LogP contribution in [0.2, 0.25) is 0 Å². The lowest BCUT2D eigenvalue weighted by atomic mass is 10.4. The molecule has 0 aliphatic carbocycles. The van der Waals surface area contributed by atoms with Gasteiger partial charge in [0.1, 0.15) is 0 Å². The molecule has 10 heavy (non-hydrogen) atoms. The first-order chi connectivity index (χ1) is 4.66. The van der Waals surface area contributed by atoms with Gasteiger partial charge in [-0.25, -0.2) is 0 Å². The third kappa shape index (κ3) is 6.39. The minimum atomic E-state index is -0.202. The fraction of sp³-hybridized carbons (Fsp3) is 1.00. The molecule has 0 unspecified atom stereocenters.